The SMILES string of the molecule is C=C(C)[C@@H]1CC[C@]2(COCCCCCCCC/C=C\CCCCCCCC)CC[C@]3(C)[C@H](CC[C@@H]4[C@@]5(C)CC[C@H](O)C(C)(C)[C@@H]5CC[C@]43C)[C@@H]12. The second kappa shape index (κ2) is 17.2. The highest BCUT2D eigenvalue weighted by atomic mass is 16.5. The van der Waals surface area contributed by atoms with Gasteiger partial charge in [-0.25, -0.2) is 0 Å². The Morgan fingerprint density at radius 1 is 0.680 bits per heavy atom. The van der Waals surface area contributed by atoms with Crippen molar-refractivity contribution >= 4 is 0 Å². The average Bonchev–Trinajstić information content (AvgIpc) is 3.46. The summed E-state index contributed by atoms with van der Waals surface area (Å²) in [6.07, 6.45) is 36.8. The Morgan fingerprint density at radius 2 is 1.32 bits per heavy atom. The second-order valence-corrected chi connectivity index (χ2v) is 20.4. The molecule has 5 saturated carbocycles. The summed E-state index contributed by atoms with van der Waals surface area (Å²) >= 11 is 0. The minimum Gasteiger partial charge on any atom is -0.393 e. The lowest BCUT2D eigenvalue weighted by atomic mass is 9.32. The minimum absolute atomic E-state index is 0.0334. The van der Waals surface area contributed by atoms with E-state index in [4.69, 9.17) is 4.74 Å². The van der Waals surface area contributed by atoms with Gasteiger partial charge in [0.25, 0.3) is 0 Å². The molecule has 1 N–H and O–H groups in total. The maximum Gasteiger partial charge on any atom is 0.0594 e. The number of hydrogen-bond acceptors (Lipinski definition) is 2. The number of aliphatic hydroxyl groups excluding tert-OH is 1. The highest BCUT2D eigenvalue weighted by molar-refractivity contribution is 5.21. The fourth-order valence-electron chi connectivity index (χ4n) is 14.3. The normalized spacial score (nSPS) is 40.6. The molecule has 0 spiro atoms. The van der Waals surface area contributed by atoms with Gasteiger partial charge in [0, 0.05) is 6.61 Å². The van der Waals surface area contributed by atoms with Gasteiger partial charge in [0.05, 0.1) is 12.7 Å². The molecule has 288 valence electrons. The van der Waals surface area contributed by atoms with E-state index in [1.807, 2.05) is 0 Å². The Bertz CT molecular complexity index is 1110. The lowest BCUT2D eigenvalue weighted by Crippen LogP contribution is -2.66. The zero-order valence-corrected chi connectivity index (χ0v) is 34.6. The first kappa shape index (κ1) is 40.6. The summed E-state index contributed by atoms with van der Waals surface area (Å²) in [7, 11) is 0. The summed E-state index contributed by atoms with van der Waals surface area (Å²) in [6.45, 7) is 24.2. The van der Waals surface area contributed by atoms with E-state index < -0.39 is 0 Å². The van der Waals surface area contributed by atoms with E-state index in [0.717, 1.165) is 37.4 Å². The van der Waals surface area contributed by atoms with Crippen LogP contribution in [-0.2, 0) is 4.74 Å². The van der Waals surface area contributed by atoms with Crippen LogP contribution in [0.1, 0.15) is 203 Å². The lowest BCUT2D eigenvalue weighted by Gasteiger charge is -2.73. The van der Waals surface area contributed by atoms with Crippen molar-refractivity contribution in [2.45, 2.75) is 209 Å². The van der Waals surface area contributed by atoms with Crippen LogP contribution < -0.4 is 0 Å². The Balaban J connectivity index is 1.08. The van der Waals surface area contributed by atoms with Crippen molar-refractivity contribution in [2.75, 3.05) is 13.2 Å². The quantitative estimate of drug-likeness (QED) is 0.108. The van der Waals surface area contributed by atoms with Crippen LogP contribution in [0.2, 0.25) is 0 Å². The van der Waals surface area contributed by atoms with Gasteiger partial charge in [-0.3, -0.25) is 0 Å². The molecule has 5 aliphatic rings. The first-order valence-corrected chi connectivity index (χ1v) is 22.4. The molecule has 5 aliphatic carbocycles. The number of fused-ring (bicyclic) bond motifs is 7. The van der Waals surface area contributed by atoms with E-state index in [2.05, 4.69) is 67.2 Å². The first-order chi connectivity index (χ1) is 23.9. The predicted octanol–water partition coefficient (Wildman–Crippen LogP) is 14.1. The molecule has 2 nitrogen and oxygen atoms in total. The predicted molar refractivity (Wildman–Crippen MR) is 215 cm³/mol. The number of rotatable bonds is 19. The highest BCUT2D eigenvalue weighted by Gasteiger charge is 2.70. The minimum atomic E-state index is -0.140. The molecule has 0 aromatic carbocycles. The summed E-state index contributed by atoms with van der Waals surface area (Å²) in [5.74, 6) is 3.62. The van der Waals surface area contributed by atoms with Crippen LogP contribution in [-0.4, -0.2) is 24.4 Å². The van der Waals surface area contributed by atoms with E-state index in [-0.39, 0.29) is 11.5 Å². The third-order valence-electron chi connectivity index (χ3n) is 17.4. The standard InChI is InChI=1S/C48H84O2/c1-9-10-11-12-13-14-15-16-17-18-19-20-21-22-23-24-35-50-36-48-32-27-38(37(2)3)43(48)39-25-26-41-45(6)30-29-42(49)44(4,5)40(45)28-31-47(41,8)46(39,7)33-34-48/h16-17,38-43,49H,2,9-15,18-36H2,1,3-8H3/b17-16-/t38-,39+,40-,41+,42-,43+,45-,46+,47+,48+/m0/s1. The summed E-state index contributed by atoms with van der Waals surface area (Å²) in [6, 6.07) is 0. The Morgan fingerprint density at radius 3 is 1.98 bits per heavy atom. The molecule has 0 unspecified atom stereocenters. The molecule has 0 aliphatic heterocycles. The lowest BCUT2D eigenvalue weighted by molar-refractivity contribution is -0.250. The van der Waals surface area contributed by atoms with E-state index in [9.17, 15) is 5.11 Å². The van der Waals surface area contributed by atoms with Gasteiger partial charge in [-0.15, -0.1) is 0 Å². The summed E-state index contributed by atoms with van der Waals surface area (Å²) in [5, 5.41) is 11.1. The molecule has 50 heavy (non-hydrogen) atoms. The first-order valence-electron chi connectivity index (χ1n) is 22.4. The van der Waals surface area contributed by atoms with Crippen molar-refractivity contribution in [3.63, 3.8) is 0 Å². The molecule has 2 heteroatoms. The van der Waals surface area contributed by atoms with Gasteiger partial charge < -0.3 is 9.84 Å². The second-order valence-electron chi connectivity index (χ2n) is 20.4. The number of unbranched alkanes of at least 4 members (excludes halogenated alkanes) is 12. The molecule has 5 fully saturated rings. The smallest absolute Gasteiger partial charge is 0.0594 e. The summed E-state index contributed by atoms with van der Waals surface area (Å²) in [5.41, 5.74) is 2.97. The van der Waals surface area contributed by atoms with Crippen molar-refractivity contribution < 1.29 is 9.84 Å². The third kappa shape index (κ3) is 7.94. The van der Waals surface area contributed by atoms with Crippen molar-refractivity contribution in [1.29, 1.82) is 0 Å². The Kier molecular flexibility index (Phi) is 14.0. The topological polar surface area (TPSA) is 29.5 Å². The monoisotopic (exact) mass is 693 g/mol. The molecule has 0 bridgehead atoms. The van der Waals surface area contributed by atoms with E-state index in [1.54, 1.807) is 0 Å². The third-order valence-corrected chi connectivity index (χ3v) is 17.4. The van der Waals surface area contributed by atoms with Crippen LogP contribution >= 0.6 is 0 Å². The van der Waals surface area contributed by atoms with Crippen molar-refractivity contribution in [3.05, 3.63) is 24.3 Å². The van der Waals surface area contributed by atoms with Gasteiger partial charge in [0.15, 0.2) is 0 Å². The van der Waals surface area contributed by atoms with Crippen molar-refractivity contribution in [2.24, 2.45) is 56.7 Å². The van der Waals surface area contributed by atoms with Crippen LogP contribution in [0.25, 0.3) is 0 Å². The molecule has 0 radical (unpaired) electrons. The molecule has 0 heterocycles. The van der Waals surface area contributed by atoms with Gasteiger partial charge in [-0.1, -0.05) is 124 Å². The highest BCUT2D eigenvalue weighted by Crippen LogP contribution is 2.77. The fourth-order valence-corrected chi connectivity index (χ4v) is 14.3. The van der Waals surface area contributed by atoms with Gasteiger partial charge in [0.1, 0.15) is 0 Å². The zero-order valence-electron chi connectivity index (χ0n) is 34.6. The Hall–Kier alpha value is -0.600. The van der Waals surface area contributed by atoms with Crippen LogP contribution in [0.5, 0.6) is 0 Å². The molecule has 0 aromatic rings. The van der Waals surface area contributed by atoms with Crippen molar-refractivity contribution in [3.8, 4) is 0 Å². The van der Waals surface area contributed by atoms with Gasteiger partial charge in [-0.2, -0.15) is 0 Å². The van der Waals surface area contributed by atoms with E-state index >= 15 is 0 Å². The van der Waals surface area contributed by atoms with Crippen LogP contribution in [0.4, 0.5) is 0 Å². The molecule has 0 amide bonds. The molecular formula is C48H84O2. The number of ether oxygens (including phenoxy) is 1. The van der Waals surface area contributed by atoms with Crippen molar-refractivity contribution in [1.82, 2.24) is 0 Å². The van der Waals surface area contributed by atoms with Gasteiger partial charge >= 0.3 is 0 Å². The fraction of sp³-hybridized carbons (Fsp3) is 0.917. The number of allylic oxidation sites excluding steroid dienone is 3. The van der Waals surface area contributed by atoms with Crippen LogP contribution in [0.3, 0.4) is 0 Å². The Labute approximate surface area is 311 Å². The van der Waals surface area contributed by atoms with Gasteiger partial charge in [-0.05, 0) is 160 Å². The maximum atomic E-state index is 11.1. The zero-order chi connectivity index (χ0) is 36.0. The maximum absolute atomic E-state index is 11.1. The molecule has 0 aromatic heterocycles. The van der Waals surface area contributed by atoms with E-state index in [0.29, 0.717) is 33.5 Å². The number of aliphatic hydroxyl groups is 1. The average molecular weight is 693 g/mol. The van der Waals surface area contributed by atoms with Crippen LogP contribution in [0, 0.1) is 56.7 Å². The molecule has 5 rings (SSSR count). The molecule has 10 atom stereocenters. The summed E-state index contributed by atoms with van der Waals surface area (Å²) < 4.78 is 6.73. The van der Waals surface area contributed by atoms with Crippen LogP contribution in [0.15, 0.2) is 24.3 Å². The number of hydrogen-bond donors (Lipinski definition) is 1. The largest absolute Gasteiger partial charge is 0.393 e. The van der Waals surface area contributed by atoms with Gasteiger partial charge in [0.2, 0.25) is 0 Å². The van der Waals surface area contributed by atoms with E-state index in [1.165, 1.54) is 153 Å². The summed E-state index contributed by atoms with van der Waals surface area (Å²) in [4.78, 5) is 0. The molecular weight excluding hydrogens is 609 g/mol. The molecule has 0 saturated heterocycles.